The second kappa shape index (κ2) is 6.93. The van der Waals surface area contributed by atoms with Crippen LogP contribution in [0.4, 0.5) is 0 Å². The molecule has 30 heavy (non-hydrogen) atoms. The molecule has 0 saturated heterocycles. The van der Waals surface area contributed by atoms with Gasteiger partial charge in [0.25, 0.3) is 0 Å². The number of nitrogens with zero attached hydrogens (tertiary/aromatic N) is 2. The van der Waals surface area contributed by atoms with E-state index in [1.165, 1.54) is 27.8 Å². The Balaban J connectivity index is 1.50. The molecule has 0 bridgehead atoms. The van der Waals surface area contributed by atoms with Crippen molar-refractivity contribution in [3.63, 3.8) is 0 Å². The molecule has 1 aromatic heterocycles. The molecule has 1 heterocycles. The molecular weight excluding hydrogens is 364 g/mol. The van der Waals surface area contributed by atoms with Gasteiger partial charge in [-0.15, -0.1) is 0 Å². The summed E-state index contributed by atoms with van der Waals surface area (Å²) in [5.41, 5.74) is 9.95. The van der Waals surface area contributed by atoms with Crippen LogP contribution in [0.5, 0.6) is 0 Å². The molecule has 2 nitrogen and oxygen atoms in total. The molecule has 4 aromatic carbocycles. The topological polar surface area (TPSA) is 25.8 Å². The highest BCUT2D eigenvalue weighted by Gasteiger charge is 2.21. The van der Waals surface area contributed by atoms with E-state index in [4.69, 9.17) is 9.97 Å². The number of hydrogen-bond donors (Lipinski definition) is 0. The van der Waals surface area contributed by atoms with Gasteiger partial charge in [0.15, 0.2) is 0 Å². The minimum Gasteiger partial charge on any atom is -0.233 e. The highest BCUT2D eigenvalue weighted by Crippen LogP contribution is 2.39. The summed E-state index contributed by atoms with van der Waals surface area (Å²) in [6.07, 6.45) is 1.73. The predicted octanol–water partition coefficient (Wildman–Crippen LogP) is 6.46. The van der Waals surface area contributed by atoms with E-state index in [1.807, 2.05) is 12.1 Å². The highest BCUT2D eigenvalue weighted by atomic mass is 14.9. The lowest BCUT2D eigenvalue weighted by molar-refractivity contribution is 0.996. The van der Waals surface area contributed by atoms with Gasteiger partial charge in [0.2, 0.25) is 0 Å². The van der Waals surface area contributed by atoms with Crippen LogP contribution in [0.1, 0.15) is 22.5 Å². The number of fused-ring (bicyclic) bond motifs is 4. The maximum absolute atomic E-state index is 5.04. The fourth-order valence-corrected chi connectivity index (χ4v) is 4.61. The second-order valence-corrected chi connectivity index (χ2v) is 7.83. The first kappa shape index (κ1) is 17.1. The van der Waals surface area contributed by atoms with E-state index in [1.54, 1.807) is 0 Å². The van der Waals surface area contributed by atoms with Crippen LogP contribution in [0.25, 0.3) is 33.3 Å². The van der Waals surface area contributed by atoms with Crippen LogP contribution in [-0.2, 0) is 12.8 Å². The van der Waals surface area contributed by atoms with Crippen molar-refractivity contribution in [2.75, 3.05) is 0 Å². The van der Waals surface area contributed by atoms with Crippen molar-refractivity contribution in [2.45, 2.75) is 12.8 Å². The summed E-state index contributed by atoms with van der Waals surface area (Å²) in [4.78, 5) is 9.96. The monoisotopic (exact) mass is 384 g/mol. The molecule has 0 amide bonds. The van der Waals surface area contributed by atoms with E-state index in [0.29, 0.717) is 0 Å². The molecule has 0 unspecified atom stereocenters. The molecule has 1 aliphatic rings. The van der Waals surface area contributed by atoms with Gasteiger partial charge >= 0.3 is 0 Å². The summed E-state index contributed by atoms with van der Waals surface area (Å²) in [7, 11) is 0. The Morgan fingerprint density at radius 1 is 0.633 bits per heavy atom. The third-order valence-corrected chi connectivity index (χ3v) is 5.95. The van der Waals surface area contributed by atoms with Crippen molar-refractivity contribution in [3.05, 3.63) is 120 Å². The molecule has 0 fully saturated rings. The summed E-state index contributed by atoms with van der Waals surface area (Å²) in [6, 6.07) is 34.1. The third kappa shape index (κ3) is 2.81. The molecule has 6 rings (SSSR count). The molecular formula is C28H20N2. The molecule has 142 valence electrons. The van der Waals surface area contributed by atoms with Crippen LogP contribution in [0.3, 0.4) is 0 Å². The number of para-hydroxylation sites is 1. The largest absolute Gasteiger partial charge is 0.233 e. The summed E-state index contributed by atoms with van der Waals surface area (Å²) in [5, 5.41) is 1.09. The lowest BCUT2D eigenvalue weighted by Crippen LogP contribution is -2.01. The van der Waals surface area contributed by atoms with E-state index in [2.05, 4.69) is 84.9 Å². The van der Waals surface area contributed by atoms with Crippen molar-refractivity contribution >= 4 is 10.9 Å². The quantitative estimate of drug-likeness (QED) is 0.350. The maximum atomic E-state index is 5.04. The standard InChI is InChI=1S/C28H20N2/c1-2-9-19(10-3-1)28-24-15-6-7-16-25(24)29-26(30-28)18-22-13-8-12-21-17-20-11-4-5-14-23(20)27(21)22/h1-16H,17-18H2. The lowest BCUT2D eigenvalue weighted by Gasteiger charge is -2.12. The second-order valence-electron chi connectivity index (χ2n) is 7.83. The molecule has 5 aromatic rings. The van der Waals surface area contributed by atoms with Gasteiger partial charge in [-0.2, -0.15) is 0 Å². The van der Waals surface area contributed by atoms with Gasteiger partial charge in [-0.1, -0.05) is 91.0 Å². The van der Waals surface area contributed by atoms with Gasteiger partial charge in [0.1, 0.15) is 5.82 Å². The van der Waals surface area contributed by atoms with E-state index in [-0.39, 0.29) is 0 Å². The Morgan fingerprint density at radius 3 is 2.33 bits per heavy atom. The Labute approximate surface area is 175 Å². The van der Waals surface area contributed by atoms with Gasteiger partial charge in [0.05, 0.1) is 11.2 Å². The van der Waals surface area contributed by atoms with Crippen molar-refractivity contribution in [1.82, 2.24) is 9.97 Å². The Hall–Kier alpha value is -3.78. The number of benzene rings is 4. The third-order valence-electron chi connectivity index (χ3n) is 5.95. The first-order valence-corrected chi connectivity index (χ1v) is 10.4. The Bertz CT molecular complexity index is 1390. The fourth-order valence-electron chi connectivity index (χ4n) is 4.61. The van der Waals surface area contributed by atoms with Crippen LogP contribution in [0, 0.1) is 0 Å². The molecule has 0 N–H and O–H groups in total. The summed E-state index contributed by atoms with van der Waals surface area (Å²) in [6.45, 7) is 0. The molecule has 0 spiro atoms. The summed E-state index contributed by atoms with van der Waals surface area (Å²) < 4.78 is 0. The van der Waals surface area contributed by atoms with Gasteiger partial charge in [0, 0.05) is 17.4 Å². The molecule has 0 saturated carbocycles. The molecule has 0 radical (unpaired) electrons. The van der Waals surface area contributed by atoms with Crippen LogP contribution in [0.2, 0.25) is 0 Å². The first-order chi connectivity index (χ1) is 14.9. The number of aromatic nitrogens is 2. The van der Waals surface area contributed by atoms with Crippen molar-refractivity contribution in [2.24, 2.45) is 0 Å². The minimum absolute atomic E-state index is 0.724. The Kier molecular flexibility index (Phi) is 3.95. The zero-order valence-corrected chi connectivity index (χ0v) is 16.5. The van der Waals surface area contributed by atoms with Gasteiger partial charge < -0.3 is 0 Å². The minimum atomic E-state index is 0.724. The lowest BCUT2D eigenvalue weighted by atomic mass is 9.97. The molecule has 1 aliphatic carbocycles. The predicted molar refractivity (Wildman–Crippen MR) is 122 cm³/mol. The molecule has 2 heteroatoms. The summed E-state index contributed by atoms with van der Waals surface area (Å²) >= 11 is 0. The number of hydrogen-bond acceptors (Lipinski definition) is 2. The van der Waals surface area contributed by atoms with Crippen molar-refractivity contribution in [3.8, 4) is 22.4 Å². The van der Waals surface area contributed by atoms with Crippen LogP contribution >= 0.6 is 0 Å². The van der Waals surface area contributed by atoms with Crippen LogP contribution in [0.15, 0.2) is 97.1 Å². The summed E-state index contributed by atoms with van der Waals surface area (Å²) in [5.74, 6) is 0.866. The van der Waals surface area contributed by atoms with Crippen molar-refractivity contribution < 1.29 is 0 Å². The van der Waals surface area contributed by atoms with E-state index < -0.39 is 0 Å². The van der Waals surface area contributed by atoms with E-state index >= 15 is 0 Å². The van der Waals surface area contributed by atoms with Gasteiger partial charge in [-0.25, -0.2) is 9.97 Å². The van der Waals surface area contributed by atoms with Gasteiger partial charge in [-0.05, 0) is 40.3 Å². The normalized spacial score (nSPS) is 12.0. The highest BCUT2D eigenvalue weighted by molar-refractivity contribution is 5.92. The zero-order chi connectivity index (χ0) is 19.9. The number of rotatable bonds is 3. The maximum Gasteiger partial charge on any atom is 0.134 e. The van der Waals surface area contributed by atoms with E-state index in [0.717, 1.165) is 40.8 Å². The van der Waals surface area contributed by atoms with Crippen molar-refractivity contribution in [1.29, 1.82) is 0 Å². The first-order valence-electron chi connectivity index (χ1n) is 10.4. The van der Waals surface area contributed by atoms with Crippen LogP contribution in [-0.4, -0.2) is 9.97 Å². The van der Waals surface area contributed by atoms with Gasteiger partial charge in [-0.3, -0.25) is 0 Å². The molecule has 0 aliphatic heterocycles. The van der Waals surface area contributed by atoms with E-state index in [9.17, 15) is 0 Å². The fraction of sp³-hybridized carbons (Fsp3) is 0.0714. The SMILES string of the molecule is c1ccc(-c2nc(Cc3cccc4c3-c3ccccc3C4)nc3ccccc23)cc1. The smallest absolute Gasteiger partial charge is 0.134 e. The average molecular weight is 384 g/mol. The zero-order valence-electron chi connectivity index (χ0n) is 16.5. The van der Waals surface area contributed by atoms with Crippen LogP contribution < -0.4 is 0 Å². The molecule has 0 atom stereocenters. The average Bonchev–Trinajstić information content (AvgIpc) is 3.19. The Morgan fingerprint density at radius 2 is 1.40 bits per heavy atom.